The highest BCUT2D eigenvalue weighted by atomic mass is 32.2. The fourth-order valence-electron chi connectivity index (χ4n) is 4.22. The molecule has 186 valence electrons. The molecule has 8 nitrogen and oxygen atoms in total. The second-order valence-electron chi connectivity index (χ2n) is 8.75. The van der Waals surface area contributed by atoms with Crippen LogP contribution in [0.2, 0.25) is 0 Å². The molecule has 2 aromatic heterocycles. The Morgan fingerprint density at radius 3 is 2.78 bits per heavy atom. The van der Waals surface area contributed by atoms with Crippen molar-refractivity contribution >= 4 is 51.7 Å². The maximum atomic E-state index is 13.5. The Morgan fingerprint density at radius 1 is 1.25 bits per heavy atom. The number of thioether (sulfide) groups is 1. The van der Waals surface area contributed by atoms with Crippen molar-refractivity contribution in [1.29, 1.82) is 0 Å². The predicted molar refractivity (Wildman–Crippen MR) is 145 cm³/mol. The first-order chi connectivity index (χ1) is 17.4. The highest BCUT2D eigenvalue weighted by molar-refractivity contribution is 8.26. The zero-order valence-electron chi connectivity index (χ0n) is 20.0. The average Bonchev–Trinajstić information content (AvgIpc) is 3.49. The van der Waals surface area contributed by atoms with Gasteiger partial charge in [-0.15, -0.1) is 0 Å². The lowest BCUT2D eigenvalue weighted by molar-refractivity contribution is -0.122. The van der Waals surface area contributed by atoms with Crippen LogP contribution in [0.3, 0.4) is 0 Å². The summed E-state index contributed by atoms with van der Waals surface area (Å²) in [6.07, 6.45) is 5.40. The van der Waals surface area contributed by atoms with Gasteiger partial charge in [0.25, 0.3) is 11.5 Å². The molecule has 0 radical (unpaired) electrons. The second-order valence-corrected chi connectivity index (χ2v) is 10.4. The van der Waals surface area contributed by atoms with Crippen molar-refractivity contribution in [1.82, 2.24) is 14.3 Å². The van der Waals surface area contributed by atoms with Gasteiger partial charge in [-0.3, -0.25) is 18.9 Å². The fraction of sp³-hybridized carbons (Fsp3) is 0.308. The largest absolute Gasteiger partial charge is 0.497 e. The number of fused-ring (bicyclic) bond motifs is 1. The Morgan fingerprint density at radius 2 is 2.06 bits per heavy atom. The van der Waals surface area contributed by atoms with Gasteiger partial charge in [0, 0.05) is 19.3 Å². The molecule has 2 fully saturated rings. The van der Waals surface area contributed by atoms with E-state index in [9.17, 15) is 9.59 Å². The third-order valence-electron chi connectivity index (χ3n) is 6.18. The number of thiocarbonyl (C=S) groups is 1. The number of amides is 1. The monoisotopic (exact) mass is 522 g/mol. The number of aromatic nitrogens is 2. The maximum Gasteiger partial charge on any atom is 0.267 e. The molecule has 4 heterocycles. The summed E-state index contributed by atoms with van der Waals surface area (Å²) in [5.74, 6) is 0.936. The number of pyridine rings is 1. The summed E-state index contributed by atoms with van der Waals surface area (Å²) in [5.41, 5.74) is 2.46. The molecule has 0 saturated carbocycles. The number of carbonyl (C=O) groups is 1. The van der Waals surface area contributed by atoms with Crippen LogP contribution in [0.4, 0.5) is 5.82 Å². The lowest BCUT2D eigenvalue weighted by Crippen LogP contribution is -2.27. The SMILES string of the molecule is COc1ccc(CN2C(=O)C(=Cc3c(NCC4CCCO4)nc4ccc(C)cn4c3=O)SC2=S)cc1. The zero-order chi connectivity index (χ0) is 25.2. The van der Waals surface area contributed by atoms with Gasteiger partial charge in [0.15, 0.2) is 0 Å². The van der Waals surface area contributed by atoms with E-state index in [-0.39, 0.29) is 17.6 Å². The van der Waals surface area contributed by atoms with Crippen molar-refractivity contribution in [2.24, 2.45) is 0 Å². The van der Waals surface area contributed by atoms with E-state index in [1.807, 2.05) is 43.3 Å². The Kier molecular flexibility index (Phi) is 7.08. The molecular formula is C26H26N4O4S2. The Bertz CT molecular complexity index is 1410. The third kappa shape index (κ3) is 5.02. The summed E-state index contributed by atoms with van der Waals surface area (Å²) in [7, 11) is 1.61. The summed E-state index contributed by atoms with van der Waals surface area (Å²) in [5, 5.41) is 3.29. The highest BCUT2D eigenvalue weighted by Crippen LogP contribution is 2.34. The van der Waals surface area contributed by atoms with Crippen molar-refractivity contribution in [3.8, 4) is 5.75 Å². The van der Waals surface area contributed by atoms with Crippen molar-refractivity contribution in [2.75, 3.05) is 25.6 Å². The number of nitrogens with one attached hydrogen (secondary N) is 1. The first kappa shape index (κ1) is 24.5. The van der Waals surface area contributed by atoms with Crippen LogP contribution >= 0.6 is 24.0 Å². The number of anilines is 1. The van der Waals surface area contributed by atoms with E-state index >= 15 is 0 Å². The van der Waals surface area contributed by atoms with Gasteiger partial charge in [0.05, 0.1) is 30.2 Å². The average molecular weight is 523 g/mol. The molecule has 3 aromatic rings. The molecule has 1 atom stereocenters. The maximum absolute atomic E-state index is 13.5. The van der Waals surface area contributed by atoms with E-state index < -0.39 is 0 Å². The van der Waals surface area contributed by atoms with Gasteiger partial charge in [-0.2, -0.15) is 0 Å². The van der Waals surface area contributed by atoms with Crippen LogP contribution in [-0.4, -0.2) is 50.9 Å². The van der Waals surface area contributed by atoms with Gasteiger partial charge in [-0.1, -0.05) is 42.2 Å². The van der Waals surface area contributed by atoms with Crippen molar-refractivity contribution < 1.29 is 14.3 Å². The van der Waals surface area contributed by atoms with Crippen LogP contribution < -0.4 is 15.6 Å². The normalized spacial score (nSPS) is 19.0. The van der Waals surface area contributed by atoms with Crippen LogP contribution in [0.25, 0.3) is 11.7 Å². The fourth-order valence-corrected chi connectivity index (χ4v) is 5.46. The number of benzene rings is 1. The first-order valence-electron chi connectivity index (χ1n) is 11.7. The lowest BCUT2D eigenvalue weighted by Gasteiger charge is -2.15. The minimum Gasteiger partial charge on any atom is -0.497 e. The van der Waals surface area contributed by atoms with E-state index in [1.54, 1.807) is 24.3 Å². The number of aryl methyl sites for hydroxylation is 1. The van der Waals surface area contributed by atoms with Crippen LogP contribution in [0.1, 0.15) is 29.5 Å². The van der Waals surface area contributed by atoms with E-state index in [1.165, 1.54) is 16.2 Å². The van der Waals surface area contributed by atoms with E-state index in [2.05, 4.69) is 5.32 Å². The van der Waals surface area contributed by atoms with E-state index in [4.69, 9.17) is 26.7 Å². The molecule has 2 aliphatic heterocycles. The molecule has 2 saturated heterocycles. The summed E-state index contributed by atoms with van der Waals surface area (Å²) in [4.78, 5) is 33.5. The smallest absolute Gasteiger partial charge is 0.267 e. The molecule has 10 heteroatoms. The van der Waals surface area contributed by atoms with Crippen molar-refractivity contribution in [3.63, 3.8) is 0 Å². The zero-order valence-corrected chi connectivity index (χ0v) is 21.7. The number of methoxy groups -OCH3 is 1. The summed E-state index contributed by atoms with van der Waals surface area (Å²) < 4.78 is 12.9. The Hall–Kier alpha value is -3.21. The van der Waals surface area contributed by atoms with Crippen LogP contribution in [0.5, 0.6) is 5.75 Å². The molecule has 2 aliphatic rings. The molecule has 0 bridgehead atoms. The summed E-state index contributed by atoms with van der Waals surface area (Å²) in [6.45, 7) is 3.53. The standard InChI is InChI=1S/C26H26N4O4S2/c1-16-5-10-22-28-23(27-13-19-4-3-11-34-19)20(24(31)29(22)14-16)12-21-25(32)30(26(35)36-21)15-17-6-8-18(33-2)9-7-17/h5-10,12,14,19,27H,3-4,11,13,15H2,1-2H3. The third-order valence-corrected chi connectivity index (χ3v) is 7.55. The van der Waals surface area contributed by atoms with E-state index in [0.29, 0.717) is 39.3 Å². The molecule has 1 N–H and O–H groups in total. The lowest BCUT2D eigenvalue weighted by atomic mass is 10.2. The molecule has 0 aliphatic carbocycles. The van der Waals surface area contributed by atoms with Gasteiger partial charge in [0.2, 0.25) is 0 Å². The molecule has 1 aromatic carbocycles. The summed E-state index contributed by atoms with van der Waals surface area (Å²) in [6, 6.07) is 11.2. The molecule has 36 heavy (non-hydrogen) atoms. The molecule has 0 spiro atoms. The molecule has 1 unspecified atom stereocenters. The van der Waals surface area contributed by atoms with Crippen LogP contribution in [0.15, 0.2) is 52.3 Å². The first-order valence-corrected chi connectivity index (χ1v) is 12.9. The Balaban J connectivity index is 1.48. The van der Waals surface area contributed by atoms with Gasteiger partial charge < -0.3 is 14.8 Å². The molecule has 1 amide bonds. The number of nitrogens with zero attached hydrogens (tertiary/aromatic N) is 3. The highest BCUT2D eigenvalue weighted by Gasteiger charge is 2.33. The Labute approximate surface area is 218 Å². The van der Waals surface area contributed by atoms with Gasteiger partial charge in [-0.05, 0) is 55.2 Å². The van der Waals surface area contributed by atoms with E-state index in [0.717, 1.165) is 36.3 Å². The van der Waals surface area contributed by atoms with Gasteiger partial charge >= 0.3 is 0 Å². The number of carbonyl (C=O) groups excluding carboxylic acids is 1. The second kappa shape index (κ2) is 10.4. The minimum absolute atomic E-state index is 0.0684. The van der Waals surface area contributed by atoms with Crippen LogP contribution in [0, 0.1) is 6.92 Å². The number of hydrogen-bond donors (Lipinski definition) is 1. The number of rotatable bonds is 7. The van der Waals surface area contributed by atoms with Crippen LogP contribution in [-0.2, 0) is 16.1 Å². The van der Waals surface area contributed by atoms with Gasteiger partial charge in [-0.25, -0.2) is 4.98 Å². The molecule has 5 rings (SSSR count). The van der Waals surface area contributed by atoms with Gasteiger partial charge in [0.1, 0.15) is 21.5 Å². The quantitative estimate of drug-likeness (QED) is 0.368. The number of hydrogen-bond acceptors (Lipinski definition) is 8. The topological polar surface area (TPSA) is 85.2 Å². The van der Waals surface area contributed by atoms with Crippen molar-refractivity contribution in [2.45, 2.75) is 32.4 Å². The van der Waals surface area contributed by atoms with Crippen molar-refractivity contribution in [3.05, 3.63) is 74.5 Å². The minimum atomic E-state index is -0.251. The summed E-state index contributed by atoms with van der Waals surface area (Å²) >= 11 is 6.70. The number of ether oxygens (including phenoxy) is 2. The predicted octanol–water partition coefficient (Wildman–Crippen LogP) is 4.00. The molecular weight excluding hydrogens is 496 g/mol.